The average Bonchev–Trinajstić information content (AvgIpc) is 2.69. The zero-order valence-electron chi connectivity index (χ0n) is 16.6. The third-order valence-corrected chi connectivity index (χ3v) is 6.03. The van der Waals surface area contributed by atoms with Gasteiger partial charge in [0.2, 0.25) is 0 Å². The van der Waals surface area contributed by atoms with Gasteiger partial charge in [-0.15, -0.1) is 0 Å². The van der Waals surface area contributed by atoms with Crippen molar-refractivity contribution in [1.82, 2.24) is 4.90 Å². The summed E-state index contributed by atoms with van der Waals surface area (Å²) < 4.78 is 19.7. The number of carbonyl (C=O) groups is 1. The first kappa shape index (κ1) is 19.1. The summed E-state index contributed by atoms with van der Waals surface area (Å²) in [5, 5.41) is 0. The van der Waals surface area contributed by atoms with Crippen LogP contribution in [-0.2, 0) is 16.1 Å². The molecule has 1 spiro atoms. The number of ether oxygens (including phenoxy) is 1. The number of hydrogen-bond donors (Lipinski definition) is 0. The average molecular weight is 382 g/mol. The van der Waals surface area contributed by atoms with E-state index in [0.717, 1.165) is 32.5 Å². The van der Waals surface area contributed by atoms with Crippen LogP contribution in [0.25, 0.3) is 0 Å². The van der Waals surface area contributed by atoms with E-state index in [9.17, 15) is 9.18 Å². The van der Waals surface area contributed by atoms with E-state index in [1.807, 2.05) is 0 Å². The minimum absolute atomic E-state index is 0.0630. The first-order valence-electron chi connectivity index (χ1n) is 9.93. The van der Waals surface area contributed by atoms with Crippen LogP contribution in [0.2, 0.25) is 0 Å². The van der Waals surface area contributed by atoms with Gasteiger partial charge >= 0.3 is 0 Å². The highest BCUT2D eigenvalue weighted by atomic mass is 19.1. The highest BCUT2D eigenvalue weighted by Crippen LogP contribution is 2.33. The number of likely N-dealkylation sites (tertiary alicyclic amines) is 1. The van der Waals surface area contributed by atoms with E-state index in [-0.39, 0.29) is 23.9 Å². The predicted octanol–water partition coefficient (Wildman–Crippen LogP) is 3.84. The lowest BCUT2D eigenvalue weighted by Crippen LogP contribution is -2.58. The molecule has 0 bridgehead atoms. The highest BCUT2D eigenvalue weighted by Gasteiger charge is 2.42. The van der Waals surface area contributed by atoms with Crippen molar-refractivity contribution in [2.75, 3.05) is 31.1 Å². The van der Waals surface area contributed by atoms with Gasteiger partial charge in [0.15, 0.2) is 0 Å². The van der Waals surface area contributed by atoms with Gasteiger partial charge in [-0.1, -0.05) is 29.8 Å². The van der Waals surface area contributed by atoms with Gasteiger partial charge < -0.3 is 9.64 Å². The number of piperidine rings is 1. The summed E-state index contributed by atoms with van der Waals surface area (Å²) in [6.07, 6.45) is 1.74. The molecular formula is C23H27FN2O2. The Morgan fingerprint density at radius 3 is 2.64 bits per heavy atom. The lowest BCUT2D eigenvalue weighted by atomic mass is 9.88. The molecule has 2 aliphatic rings. The molecule has 0 aliphatic carbocycles. The Kier molecular flexibility index (Phi) is 5.21. The van der Waals surface area contributed by atoms with Gasteiger partial charge in [0.1, 0.15) is 12.4 Å². The first-order valence-corrected chi connectivity index (χ1v) is 9.93. The minimum Gasteiger partial charge on any atom is -0.363 e. The molecule has 28 heavy (non-hydrogen) atoms. The monoisotopic (exact) mass is 382 g/mol. The van der Waals surface area contributed by atoms with Crippen molar-refractivity contribution in [3.8, 4) is 0 Å². The minimum atomic E-state index is -0.335. The number of hydrogen-bond acceptors (Lipinski definition) is 3. The van der Waals surface area contributed by atoms with Crippen molar-refractivity contribution < 1.29 is 13.9 Å². The summed E-state index contributed by atoms with van der Waals surface area (Å²) in [6.45, 7) is 7.64. The Bertz CT molecular complexity index is 875. The lowest BCUT2D eigenvalue weighted by molar-refractivity contribution is -0.144. The second-order valence-corrected chi connectivity index (χ2v) is 8.14. The van der Waals surface area contributed by atoms with Crippen LogP contribution in [-0.4, -0.2) is 42.6 Å². The molecule has 0 radical (unpaired) electrons. The molecule has 2 aliphatic heterocycles. The van der Waals surface area contributed by atoms with E-state index < -0.39 is 0 Å². The van der Waals surface area contributed by atoms with Gasteiger partial charge in [0.05, 0.1) is 12.1 Å². The molecule has 2 heterocycles. The van der Waals surface area contributed by atoms with Gasteiger partial charge in [-0.3, -0.25) is 9.69 Å². The standard InChI is InChI=1S/C23H27FN2O2/c1-17-6-7-18(2)19(12-17)14-25-10-8-23(9-11-25)16-26(22(27)15-28-23)21-5-3-4-20(24)13-21/h3-7,12-13H,8-11,14-16H2,1-2H3. The highest BCUT2D eigenvalue weighted by molar-refractivity contribution is 5.95. The molecule has 0 unspecified atom stereocenters. The van der Waals surface area contributed by atoms with Crippen molar-refractivity contribution in [1.29, 1.82) is 0 Å². The maximum atomic E-state index is 13.6. The van der Waals surface area contributed by atoms with E-state index in [1.165, 1.54) is 28.8 Å². The molecular weight excluding hydrogens is 355 g/mol. The number of amides is 1. The number of nitrogens with zero attached hydrogens (tertiary/aromatic N) is 2. The molecule has 0 aromatic heterocycles. The molecule has 0 saturated carbocycles. The molecule has 2 aromatic rings. The van der Waals surface area contributed by atoms with E-state index in [0.29, 0.717) is 12.2 Å². The fraction of sp³-hybridized carbons (Fsp3) is 0.435. The van der Waals surface area contributed by atoms with Gasteiger partial charge in [-0.25, -0.2) is 4.39 Å². The molecule has 2 aromatic carbocycles. The topological polar surface area (TPSA) is 32.8 Å². The lowest BCUT2D eigenvalue weighted by Gasteiger charge is -2.47. The smallest absolute Gasteiger partial charge is 0.253 e. The van der Waals surface area contributed by atoms with Crippen molar-refractivity contribution in [3.63, 3.8) is 0 Å². The molecule has 4 rings (SSSR count). The van der Waals surface area contributed by atoms with Gasteiger partial charge in [0.25, 0.3) is 5.91 Å². The third kappa shape index (κ3) is 3.96. The summed E-state index contributed by atoms with van der Waals surface area (Å²) in [6, 6.07) is 12.9. The van der Waals surface area contributed by atoms with Crippen molar-refractivity contribution in [3.05, 3.63) is 65.0 Å². The number of carbonyl (C=O) groups excluding carboxylic acids is 1. The Morgan fingerprint density at radius 1 is 1.11 bits per heavy atom. The number of anilines is 1. The van der Waals surface area contributed by atoms with Gasteiger partial charge in [0, 0.05) is 25.3 Å². The molecule has 1 amide bonds. The first-order chi connectivity index (χ1) is 13.4. The second kappa shape index (κ2) is 7.64. The van der Waals surface area contributed by atoms with Crippen molar-refractivity contribution in [2.45, 2.75) is 38.8 Å². The van der Waals surface area contributed by atoms with Crippen LogP contribution < -0.4 is 4.90 Å². The Labute approximate surface area is 165 Å². The Hall–Kier alpha value is -2.24. The normalized spacial score (nSPS) is 20.0. The summed E-state index contributed by atoms with van der Waals surface area (Å²) in [5.74, 6) is -0.428. The number of benzene rings is 2. The largest absolute Gasteiger partial charge is 0.363 e. The Morgan fingerprint density at radius 2 is 1.89 bits per heavy atom. The molecule has 2 saturated heterocycles. The van der Waals surface area contributed by atoms with Gasteiger partial charge in [-0.2, -0.15) is 0 Å². The molecule has 5 heteroatoms. The van der Waals surface area contributed by atoms with E-state index in [2.05, 4.69) is 36.9 Å². The maximum Gasteiger partial charge on any atom is 0.253 e. The zero-order valence-corrected chi connectivity index (χ0v) is 16.6. The quantitative estimate of drug-likeness (QED) is 0.809. The Balaban J connectivity index is 1.43. The fourth-order valence-electron chi connectivity index (χ4n) is 4.23. The summed E-state index contributed by atoms with van der Waals surface area (Å²) in [7, 11) is 0. The van der Waals surface area contributed by atoms with E-state index in [4.69, 9.17) is 4.74 Å². The molecule has 148 valence electrons. The van der Waals surface area contributed by atoms with Gasteiger partial charge in [-0.05, 0) is 56.0 Å². The summed E-state index contributed by atoms with van der Waals surface area (Å²) in [5.41, 5.74) is 4.26. The number of rotatable bonds is 3. The summed E-state index contributed by atoms with van der Waals surface area (Å²) >= 11 is 0. The van der Waals surface area contributed by atoms with Crippen LogP contribution in [0.1, 0.15) is 29.5 Å². The number of aryl methyl sites for hydroxylation is 2. The molecule has 4 nitrogen and oxygen atoms in total. The van der Waals surface area contributed by atoms with Crippen molar-refractivity contribution >= 4 is 11.6 Å². The maximum absolute atomic E-state index is 13.6. The third-order valence-electron chi connectivity index (χ3n) is 6.03. The zero-order chi connectivity index (χ0) is 19.7. The second-order valence-electron chi connectivity index (χ2n) is 8.14. The van der Waals surface area contributed by atoms with Crippen LogP contribution in [0, 0.1) is 19.7 Å². The number of morpholine rings is 1. The molecule has 0 atom stereocenters. The summed E-state index contributed by atoms with van der Waals surface area (Å²) in [4.78, 5) is 16.5. The van der Waals surface area contributed by atoms with E-state index >= 15 is 0 Å². The van der Waals surface area contributed by atoms with Crippen LogP contribution in [0.5, 0.6) is 0 Å². The SMILES string of the molecule is Cc1ccc(C)c(CN2CCC3(CC2)CN(c2cccc(F)c2)C(=O)CO3)c1. The molecule has 0 N–H and O–H groups in total. The van der Waals surface area contributed by atoms with Crippen LogP contribution in [0.15, 0.2) is 42.5 Å². The predicted molar refractivity (Wildman–Crippen MR) is 108 cm³/mol. The van der Waals surface area contributed by atoms with Crippen LogP contribution in [0.4, 0.5) is 10.1 Å². The van der Waals surface area contributed by atoms with Crippen LogP contribution >= 0.6 is 0 Å². The van der Waals surface area contributed by atoms with Crippen LogP contribution in [0.3, 0.4) is 0 Å². The van der Waals surface area contributed by atoms with E-state index in [1.54, 1.807) is 17.0 Å². The number of halogens is 1. The molecule has 2 fully saturated rings. The fourth-order valence-corrected chi connectivity index (χ4v) is 4.23. The van der Waals surface area contributed by atoms with Crippen molar-refractivity contribution in [2.24, 2.45) is 0 Å².